The summed E-state index contributed by atoms with van der Waals surface area (Å²) in [4.78, 5) is 20.8. The number of rotatable bonds is 4. The molecule has 0 radical (unpaired) electrons. The standard InChI is InChI=1S/C16H18ClN3O3/c17-13-3-1-12(2-4-13)7-16(10-21)9-20(5-6-23-16)15(22)14-8-18-11-19-14/h1-4,8,11,21H,5-7,9-10H2,(H,18,19). The first-order valence-corrected chi connectivity index (χ1v) is 7.77. The molecule has 23 heavy (non-hydrogen) atoms. The third kappa shape index (κ3) is 3.55. The molecular weight excluding hydrogens is 318 g/mol. The molecule has 1 unspecified atom stereocenters. The fraction of sp³-hybridized carbons (Fsp3) is 0.375. The van der Waals surface area contributed by atoms with Gasteiger partial charge in [0, 0.05) is 18.0 Å². The van der Waals surface area contributed by atoms with Gasteiger partial charge in [-0.2, -0.15) is 0 Å². The van der Waals surface area contributed by atoms with Crippen molar-refractivity contribution in [3.63, 3.8) is 0 Å². The normalized spacial score (nSPS) is 21.4. The van der Waals surface area contributed by atoms with Crippen molar-refractivity contribution in [2.24, 2.45) is 0 Å². The monoisotopic (exact) mass is 335 g/mol. The van der Waals surface area contributed by atoms with Gasteiger partial charge in [0.25, 0.3) is 5.91 Å². The number of aromatic amines is 1. The predicted molar refractivity (Wildman–Crippen MR) is 85.4 cm³/mol. The number of H-pyrrole nitrogens is 1. The third-order valence-electron chi connectivity index (χ3n) is 3.99. The number of aliphatic hydroxyl groups is 1. The lowest BCUT2D eigenvalue weighted by molar-refractivity contribution is -0.123. The number of hydrogen-bond donors (Lipinski definition) is 2. The summed E-state index contributed by atoms with van der Waals surface area (Å²) < 4.78 is 5.84. The first-order valence-electron chi connectivity index (χ1n) is 7.39. The molecule has 2 heterocycles. The molecule has 1 fully saturated rings. The molecule has 7 heteroatoms. The van der Waals surface area contributed by atoms with Crippen LogP contribution < -0.4 is 0 Å². The second-order valence-corrected chi connectivity index (χ2v) is 6.12. The van der Waals surface area contributed by atoms with Crippen molar-refractivity contribution in [1.29, 1.82) is 0 Å². The van der Waals surface area contributed by atoms with Crippen LogP contribution in [0.15, 0.2) is 36.8 Å². The van der Waals surface area contributed by atoms with E-state index in [-0.39, 0.29) is 12.5 Å². The van der Waals surface area contributed by atoms with Crippen LogP contribution in [0, 0.1) is 0 Å². The summed E-state index contributed by atoms with van der Waals surface area (Å²) in [5, 5.41) is 10.5. The number of aromatic nitrogens is 2. The second kappa shape index (κ2) is 6.70. The Morgan fingerprint density at radius 1 is 1.43 bits per heavy atom. The zero-order valence-electron chi connectivity index (χ0n) is 12.5. The number of imidazole rings is 1. The fourth-order valence-corrected chi connectivity index (χ4v) is 2.92. The number of ether oxygens (including phenoxy) is 1. The zero-order valence-corrected chi connectivity index (χ0v) is 13.3. The first-order chi connectivity index (χ1) is 11.1. The van der Waals surface area contributed by atoms with Gasteiger partial charge in [0.05, 0.1) is 32.3 Å². The van der Waals surface area contributed by atoms with Crippen LogP contribution in [0.5, 0.6) is 0 Å². The number of amides is 1. The molecule has 0 saturated carbocycles. The molecule has 1 atom stereocenters. The van der Waals surface area contributed by atoms with Crippen molar-refractivity contribution >= 4 is 17.5 Å². The van der Waals surface area contributed by atoms with E-state index in [1.165, 1.54) is 12.5 Å². The largest absolute Gasteiger partial charge is 0.393 e. The van der Waals surface area contributed by atoms with Crippen LogP contribution in [0.2, 0.25) is 5.02 Å². The van der Waals surface area contributed by atoms with Crippen molar-refractivity contribution in [3.05, 3.63) is 53.1 Å². The molecule has 1 aromatic heterocycles. The van der Waals surface area contributed by atoms with Gasteiger partial charge < -0.3 is 19.7 Å². The highest BCUT2D eigenvalue weighted by Gasteiger charge is 2.38. The van der Waals surface area contributed by atoms with E-state index in [4.69, 9.17) is 16.3 Å². The number of carbonyl (C=O) groups is 1. The summed E-state index contributed by atoms with van der Waals surface area (Å²) in [6, 6.07) is 7.41. The number of hydrogen-bond acceptors (Lipinski definition) is 4. The van der Waals surface area contributed by atoms with Gasteiger partial charge in [0.1, 0.15) is 11.3 Å². The van der Waals surface area contributed by atoms with Crippen molar-refractivity contribution in [2.75, 3.05) is 26.3 Å². The van der Waals surface area contributed by atoms with Crippen LogP contribution in [0.1, 0.15) is 16.1 Å². The van der Waals surface area contributed by atoms with E-state index in [9.17, 15) is 9.90 Å². The van der Waals surface area contributed by atoms with Crippen molar-refractivity contribution < 1.29 is 14.6 Å². The van der Waals surface area contributed by atoms with Crippen molar-refractivity contribution in [3.8, 4) is 0 Å². The van der Waals surface area contributed by atoms with Crippen LogP contribution >= 0.6 is 11.6 Å². The van der Waals surface area contributed by atoms with E-state index in [0.29, 0.717) is 36.8 Å². The quantitative estimate of drug-likeness (QED) is 0.887. The van der Waals surface area contributed by atoms with Gasteiger partial charge in [-0.25, -0.2) is 4.98 Å². The molecule has 1 amide bonds. The minimum absolute atomic E-state index is 0.139. The van der Waals surface area contributed by atoms with E-state index in [1.807, 2.05) is 12.1 Å². The molecule has 1 aliphatic heterocycles. The average Bonchev–Trinajstić information content (AvgIpc) is 3.11. The summed E-state index contributed by atoms with van der Waals surface area (Å²) in [6.45, 7) is 1.03. The van der Waals surface area contributed by atoms with Crippen LogP contribution in [0.25, 0.3) is 0 Å². The lowest BCUT2D eigenvalue weighted by Crippen LogP contribution is -2.56. The minimum atomic E-state index is -0.804. The Labute approximate surface area is 139 Å². The van der Waals surface area contributed by atoms with Gasteiger partial charge in [0.2, 0.25) is 0 Å². The lowest BCUT2D eigenvalue weighted by Gasteiger charge is -2.41. The molecule has 122 valence electrons. The van der Waals surface area contributed by atoms with Gasteiger partial charge in [0.15, 0.2) is 0 Å². The first kappa shape index (κ1) is 16.0. The van der Waals surface area contributed by atoms with Crippen LogP contribution in [-0.4, -0.2) is 57.8 Å². The Morgan fingerprint density at radius 2 is 2.22 bits per heavy atom. The van der Waals surface area contributed by atoms with E-state index >= 15 is 0 Å². The summed E-state index contributed by atoms with van der Waals surface area (Å²) >= 11 is 5.90. The van der Waals surface area contributed by atoms with Crippen LogP contribution in [-0.2, 0) is 11.2 Å². The van der Waals surface area contributed by atoms with Gasteiger partial charge in [-0.15, -0.1) is 0 Å². The number of benzene rings is 1. The number of halogens is 1. The zero-order chi connectivity index (χ0) is 16.3. The topological polar surface area (TPSA) is 78.5 Å². The Hall–Kier alpha value is -1.89. The fourth-order valence-electron chi connectivity index (χ4n) is 2.79. The molecule has 2 aromatic rings. The smallest absolute Gasteiger partial charge is 0.272 e. The maximum atomic E-state index is 12.5. The maximum absolute atomic E-state index is 12.5. The van der Waals surface area contributed by atoms with E-state index in [1.54, 1.807) is 17.0 Å². The maximum Gasteiger partial charge on any atom is 0.272 e. The van der Waals surface area contributed by atoms with E-state index < -0.39 is 5.60 Å². The Kier molecular flexibility index (Phi) is 4.66. The van der Waals surface area contributed by atoms with Crippen LogP contribution in [0.3, 0.4) is 0 Å². The highest BCUT2D eigenvalue weighted by molar-refractivity contribution is 6.30. The second-order valence-electron chi connectivity index (χ2n) is 5.68. The number of aliphatic hydroxyl groups excluding tert-OH is 1. The molecule has 1 aliphatic rings. The minimum Gasteiger partial charge on any atom is -0.393 e. The molecule has 0 aliphatic carbocycles. The van der Waals surface area contributed by atoms with E-state index in [2.05, 4.69) is 9.97 Å². The lowest BCUT2D eigenvalue weighted by atomic mass is 9.93. The number of nitrogens with zero attached hydrogens (tertiary/aromatic N) is 2. The van der Waals surface area contributed by atoms with E-state index in [0.717, 1.165) is 5.56 Å². The van der Waals surface area contributed by atoms with Crippen molar-refractivity contribution in [2.45, 2.75) is 12.0 Å². The van der Waals surface area contributed by atoms with Gasteiger partial charge >= 0.3 is 0 Å². The van der Waals surface area contributed by atoms with Crippen molar-refractivity contribution in [1.82, 2.24) is 14.9 Å². The Morgan fingerprint density at radius 3 is 2.87 bits per heavy atom. The summed E-state index contributed by atoms with van der Waals surface area (Å²) in [7, 11) is 0. The third-order valence-corrected chi connectivity index (χ3v) is 4.24. The number of nitrogens with one attached hydrogen (secondary N) is 1. The predicted octanol–water partition coefficient (Wildman–Crippen LogP) is 1.51. The molecular formula is C16H18ClN3O3. The van der Waals surface area contributed by atoms with Gasteiger partial charge in [-0.3, -0.25) is 4.79 Å². The molecule has 1 aromatic carbocycles. The molecule has 6 nitrogen and oxygen atoms in total. The number of morpholine rings is 1. The van der Waals surface area contributed by atoms with Gasteiger partial charge in [-0.05, 0) is 17.7 Å². The molecule has 3 rings (SSSR count). The highest BCUT2D eigenvalue weighted by Crippen LogP contribution is 2.24. The Balaban J connectivity index is 1.76. The SMILES string of the molecule is O=C(c1cnc[nH]1)N1CCOC(CO)(Cc2ccc(Cl)cc2)C1. The summed E-state index contributed by atoms with van der Waals surface area (Å²) in [5.41, 5.74) is 0.631. The molecule has 0 spiro atoms. The number of carbonyl (C=O) groups excluding carboxylic acids is 1. The molecule has 2 N–H and O–H groups in total. The molecule has 0 bridgehead atoms. The summed E-state index contributed by atoms with van der Waals surface area (Å²) in [5.74, 6) is -0.139. The summed E-state index contributed by atoms with van der Waals surface area (Å²) in [6.07, 6.45) is 3.48. The molecule has 1 saturated heterocycles. The Bertz CT molecular complexity index is 660. The van der Waals surface area contributed by atoms with Crippen LogP contribution in [0.4, 0.5) is 0 Å². The van der Waals surface area contributed by atoms with Gasteiger partial charge in [-0.1, -0.05) is 23.7 Å². The average molecular weight is 336 g/mol. The highest BCUT2D eigenvalue weighted by atomic mass is 35.5.